The third kappa shape index (κ3) is 1.74. The van der Waals surface area contributed by atoms with Gasteiger partial charge >= 0.3 is 0 Å². The van der Waals surface area contributed by atoms with Crippen LogP contribution in [-0.4, -0.2) is 9.97 Å². The third-order valence-electron chi connectivity index (χ3n) is 2.39. The van der Waals surface area contributed by atoms with Crippen molar-refractivity contribution in [1.29, 1.82) is 0 Å². The fourth-order valence-electron chi connectivity index (χ4n) is 1.55. The molecular weight excluding hydrogens is 188 g/mol. The molecule has 15 heavy (non-hydrogen) atoms. The second-order valence-corrected chi connectivity index (χ2v) is 4.41. The number of hydrogen-bond acceptors (Lipinski definition) is 3. The molecule has 0 fully saturated rings. The lowest BCUT2D eigenvalue weighted by Crippen LogP contribution is -1.91. The fourth-order valence-corrected chi connectivity index (χ4v) is 1.55. The minimum atomic E-state index is 0.317. The van der Waals surface area contributed by atoms with Gasteiger partial charge in [0.1, 0.15) is 5.52 Å². The van der Waals surface area contributed by atoms with Crippen LogP contribution in [0, 0.1) is 0 Å². The highest BCUT2D eigenvalue weighted by Crippen LogP contribution is 2.26. The molecule has 2 aromatic heterocycles. The van der Waals surface area contributed by atoms with Crippen LogP contribution in [0.5, 0.6) is 0 Å². The van der Waals surface area contributed by atoms with E-state index < -0.39 is 0 Å². The van der Waals surface area contributed by atoms with Crippen LogP contribution in [-0.2, 0) is 0 Å². The van der Waals surface area contributed by atoms with Crippen molar-refractivity contribution < 1.29 is 4.42 Å². The first-order chi connectivity index (χ1) is 7.09. The predicted molar refractivity (Wildman–Crippen MR) is 60.0 cm³/mol. The van der Waals surface area contributed by atoms with E-state index in [0.717, 1.165) is 22.7 Å². The summed E-state index contributed by atoms with van der Waals surface area (Å²) in [4.78, 5) is 8.79. The largest absolute Gasteiger partial charge is 0.438 e. The van der Waals surface area contributed by atoms with Crippen LogP contribution in [0.1, 0.15) is 51.1 Å². The number of hydrogen-bond donors (Lipinski definition) is 0. The number of fused-ring (bicyclic) bond motifs is 1. The van der Waals surface area contributed by atoms with Crippen LogP contribution in [0.3, 0.4) is 0 Å². The highest BCUT2D eigenvalue weighted by Gasteiger charge is 2.14. The lowest BCUT2D eigenvalue weighted by Gasteiger charge is -2.02. The average Bonchev–Trinajstić information content (AvgIpc) is 2.60. The SMILES string of the molecule is CC(C)c1nc2ccnc(C(C)C)c2o1. The van der Waals surface area contributed by atoms with Gasteiger partial charge in [-0.05, 0) is 12.0 Å². The Kier molecular flexibility index (Phi) is 2.47. The van der Waals surface area contributed by atoms with Crippen molar-refractivity contribution in [3.63, 3.8) is 0 Å². The molecule has 0 aliphatic heterocycles. The number of nitrogens with zero attached hydrogens (tertiary/aromatic N) is 2. The van der Waals surface area contributed by atoms with Gasteiger partial charge in [0.05, 0.1) is 5.69 Å². The average molecular weight is 204 g/mol. The zero-order valence-corrected chi connectivity index (χ0v) is 9.61. The first kappa shape index (κ1) is 10.1. The molecular formula is C12H16N2O. The van der Waals surface area contributed by atoms with Crippen molar-refractivity contribution in [2.24, 2.45) is 0 Å². The number of pyridine rings is 1. The van der Waals surface area contributed by atoms with Crippen molar-refractivity contribution in [2.45, 2.75) is 39.5 Å². The molecule has 2 heterocycles. The third-order valence-corrected chi connectivity index (χ3v) is 2.39. The lowest BCUT2D eigenvalue weighted by atomic mass is 10.1. The van der Waals surface area contributed by atoms with Crippen LogP contribution >= 0.6 is 0 Å². The van der Waals surface area contributed by atoms with E-state index >= 15 is 0 Å². The molecule has 0 aliphatic rings. The summed E-state index contributed by atoms with van der Waals surface area (Å²) in [5.74, 6) is 1.47. The van der Waals surface area contributed by atoms with Crippen LogP contribution < -0.4 is 0 Å². The molecule has 0 atom stereocenters. The highest BCUT2D eigenvalue weighted by atomic mass is 16.3. The summed E-state index contributed by atoms with van der Waals surface area (Å²) in [5.41, 5.74) is 2.75. The molecule has 0 unspecified atom stereocenters. The number of oxazole rings is 1. The Bertz CT molecular complexity index is 471. The lowest BCUT2D eigenvalue weighted by molar-refractivity contribution is 0.496. The van der Waals surface area contributed by atoms with Crippen molar-refractivity contribution >= 4 is 11.1 Å². The van der Waals surface area contributed by atoms with Crippen LogP contribution in [0.2, 0.25) is 0 Å². The smallest absolute Gasteiger partial charge is 0.198 e. The van der Waals surface area contributed by atoms with E-state index in [1.807, 2.05) is 6.07 Å². The van der Waals surface area contributed by atoms with Gasteiger partial charge in [0, 0.05) is 12.1 Å². The summed E-state index contributed by atoms with van der Waals surface area (Å²) >= 11 is 0. The highest BCUT2D eigenvalue weighted by molar-refractivity contribution is 5.75. The van der Waals surface area contributed by atoms with Crippen molar-refractivity contribution in [3.05, 3.63) is 23.8 Å². The Morgan fingerprint density at radius 1 is 1.13 bits per heavy atom. The van der Waals surface area contributed by atoms with E-state index in [1.54, 1.807) is 6.20 Å². The van der Waals surface area contributed by atoms with E-state index in [4.69, 9.17) is 4.42 Å². The van der Waals surface area contributed by atoms with Gasteiger partial charge in [0.25, 0.3) is 0 Å². The van der Waals surface area contributed by atoms with Gasteiger partial charge in [0.15, 0.2) is 11.5 Å². The van der Waals surface area contributed by atoms with Crippen LogP contribution in [0.4, 0.5) is 0 Å². The molecule has 0 aliphatic carbocycles. The monoisotopic (exact) mass is 204 g/mol. The Hall–Kier alpha value is -1.38. The normalized spacial score (nSPS) is 11.9. The van der Waals surface area contributed by atoms with E-state index in [9.17, 15) is 0 Å². The first-order valence-electron chi connectivity index (χ1n) is 5.35. The Morgan fingerprint density at radius 3 is 2.47 bits per heavy atom. The maximum absolute atomic E-state index is 5.75. The molecule has 80 valence electrons. The Labute approximate surface area is 89.5 Å². The molecule has 3 heteroatoms. The number of rotatable bonds is 2. The topological polar surface area (TPSA) is 38.9 Å². The van der Waals surface area contributed by atoms with E-state index in [-0.39, 0.29) is 0 Å². The summed E-state index contributed by atoms with van der Waals surface area (Å²) in [6.07, 6.45) is 1.80. The van der Waals surface area contributed by atoms with Crippen molar-refractivity contribution in [2.75, 3.05) is 0 Å². The van der Waals surface area contributed by atoms with Gasteiger partial charge in [-0.25, -0.2) is 4.98 Å². The molecule has 0 saturated carbocycles. The second kappa shape index (κ2) is 3.65. The minimum Gasteiger partial charge on any atom is -0.438 e. The first-order valence-corrected chi connectivity index (χ1v) is 5.35. The van der Waals surface area contributed by atoms with Gasteiger partial charge < -0.3 is 4.42 Å². The summed E-state index contributed by atoms with van der Waals surface area (Å²) in [6.45, 7) is 8.37. The Balaban J connectivity index is 2.64. The predicted octanol–water partition coefficient (Wildman–Crippen LogP) is 3.47. The molecule has 0 aromatic carbocycles. The summed E-state index contributed by atoms with van der Waals surface area (Å²) in [7, 11) is 0. The second-order valence-electron chi connectivity index (χ2n) is 4.41. The molecule has 0 radical (unpaired) electrons. The molecule has 0 spiro atoms. The quantitative estimate of drug-likeness (QED) is 0.751. The molecule has 2 rings (SSSR count). The van der Waals surface area contributed by atoms with E-state index in [0.29, 0.717) is 11.8 Å². The summed E-state index contributed by atoms with van der Waals surface area (Å²) in [5, 5.41) is 0. The molecule has 3 nitrogen and oxygen atoms in total. The Morgan fingerprint density at radius 2 is 1.87 bits per heavy atom. The van der Waals surface area contributed by atoms with E-state index in [1.165, 1.54) is 0 Å². The van der Waals surface area contributed by atoms with Gasteiger partial charge in [0.2, 0.25) is 0 Å². The fraction of sp³-hybridized carbons (Fsp3) is 0.500. The summed E-state index contributed by atoms with van der Waals surface area (Å²) in [6, 6.07) is 1.90. The maximum Gasteiger partial charge on any atom is 0.198 e. The van der Waals surface area contributed by atoms with Crippen LogP contribution in [0.15, 0.2) is 16.7 Å². The maximum atomic E-state index is 5.75. The molecule has 0 N–H and O–H groups in total. The molecule has 0 amide bonds. The van der Waals surface area contributed by atoms with Gasteiger partial charge in [-0.15, -0.1) is 0 Å². The molecule has 2 aromatic rings. The van der Waals surface area contributed by atoms with Gasteiger partial charge in [-0.2, -0.15) is 0 Å². The van der Waals surface area contributed by atoms with Gasteiger partial charge in [-0.1, -0.05) is 27.7 Å². The van der Waals surface area contributed by atoms with Gasteiger partial charge in [-0.3, -0.25) is 4.98 Å². The van der Waals surface area contributed by atoms with Crippen molar-refractivity contribution in [1.82, 2.24) is 9.97 Å². The van der Waals surface area contributed by atoms with Crippen LogP contribution in [0.25, 0.3) is 11.1 Å². The molecule has 0 bridgehead atoms. The molecule has 0 saturated heterocycles. The van der Waals surface area contributed by atoms with Crippen molar-refractivity contribution in [3.8, 4) is 0 Å². The van der Waals surface area contributed by atoms with E-state index in [2.05, 4.69) is 37.7 Å². The number of aromatic nitrogens is 2. The summed E-state index contributed by atoms with van der Waals surface area (Å²) < 4.78 is 5.75. The zero-order chi connectivity index (χ0) is 11.0. The minimum absolute atomic E-state index is 0.317. The standard InChI is InChI=1S/C12H16N2O/c1-7(2)10-11-9(5-6-13-10)14-12(15-11)8(3)4/h5-8H,1-4H3. The zero-order valence-electron chi connectivity index (χ0n) is 9.61.